The maximum absolute atomic E-state index is 12.4. The van der Waals surface area contributed by atoms with Crippen LogP contribution in [0.3, 0.4) is 0 Å². The molecule has 1 rings (SSSR count). The zero-order chi connectivity index (χ0) is 10.6. The third-order valence-corrected chi connectivity index (χ3v) is 2.19. The van der Waals surface area contributed by atoms with E-state index in [9.17, 15) is 12.8 Å². The number of halogens is 1. The Bertz CT molecular complexity index is 388. The SMILES string of the molecule is NS(=O)(=O)CCOc1ccc(F)cc1. The molecule has 0 aliphatic carbocycles. The average Bonchev–Trinajstić information content (AvgIpc) is 2.06. The highest BCUT2D eigenvalue weighted by molar-refractivity contribution is 7.89. The summed E-state index contributed by atoms with van der Waals surface area (Å²) in [4.78, 5) is 0. The molecule has 0 amide bonds. The van der Waals surface area contributed by atoms with Crippen molar-refractivity contribution in [2.24, 2.45) is 5.14 Å². The first-order chi connectivity index (χ1) is 6.47. The van der Waals surface area contributed by atoms with E-state index in [0.29, 0.717) is 5.75 Å². The molecule has 0 unspecified atom stereocenters. The molecular weight excluding hydrogens is 209 g/mol. The summed E-state index contributed by atoms with van der Waals surface area (Å²) in [5.74, 6) is -0.219. The smallest absolute Gasteiger partial charge is 0.212 e. The Morgan fingerprint density at radius 1 is 1.29 bits per heavy atom. The highest BCUT2D eigenvalue weighted by Crippen LogP contribution is 2.10. The highest BCUT2D eigenvalue weighted by atomic mass is 32.2. The van der Waals surface area contributed by atoms with Crippen LogP contribution in [-0.4, -0.2) is 20.8 Å². The van der Waals surface area contributed by atoms with Crippen LogP contribution in [0.2, 0.25) is 0 Å². The summed E-state index contributed by atoms with van der Waals surface area (Å²) in [5.41, 5.74) is 0. The Morgan fingerprint density at radius 3 is 2.36 bits per heavy atom. The summed E-state index contributed by atoms with van der Waals surface area (Å²) in [6.07, 6.45) is 0. The standard InChI is InChI=1S/C8H10FNO3S/c9-7-1-3-8(4-2-7)13-5-6-14(10,11)12/h1-4H,5-6H2,(H2,10,11,12). The molecule has 14 heavy (non-hydrogen) atoms. The van der Waals surface area contributed by atoms with Gasteiger partial charge in [-0.05, 0) is 24.3 Å². The average molecular weight is 219 g/mol. The monoisotopic (exact) mass is 219 g/mol. The van der Waals surface area contributed by atoms with E-state index in [1.807, 2.05) is 0 Å². The Hall–Kier alpha value is -1.14. The number of benzene rings is 1. The predicted octanol–water partition coefficient (Wildman–Crippen LogP) is 0.493. The van der Waals surface area contributed by atoms with Crippen molar-refractivity contribution in [2.75, 3.05) is 12.4 Å². The van der Waals surface area contributed by atoms with Crippen molar-refractivity contribution in [3.63, 3.8) is 0 Å². The molecule has 0 heterocycles. The van der Waals surface area contributed by atoms with Crippen LogP contribution in [-0.2, 0) is 10.0 Å². The van der Waals surface area contributed by atoms with Gasteiger partial charge in [0.25, 0.3) is 0 Å². The molecule has 0 spiro atoms. The lowest BCUT2D eigenvalue weighted by Gasteiger charge is -2.04. The van der Waals surface area contributed by atoms with Crippen LogP contribution in [0.5, 0.6) is 5.75 Å². The lowest BCUT2D eigenvalue weighted by atomic mass is 10.3. The normalized spacial score (nSPS) is 11.3. The molecule has 0 aliphatic heterocycles. The Morgan fingerprint density at radius 2 is 1.86 bits per heavy atom. The number of ether oxygens (including phenoxy) is 1. The summed E-state index contributed by atoms with van der Waals surface area (Å²) < 4.78 is 38.5. The van der Waals surface area contributed by atoms with Crippen LogP contribution in [0, 0.1) is 5.82 Å². The molecule has 0 bridgehead atoms. The predicted molar refractivity (Wildman–Crippen MR) is 49.9 cm³/mol. The summed E-state index contributed by atoms with van der Waals surface area (Å²) in [5, 5.41) is 4.76. The quantitative estimate of drug-likeness (QED) is 0.801. The zero-order valence-electron chi connectivity index (χ0n) is 7.31. The van der Waals surface area contributed by atoms with Gasteiger partial charge in [-0.1, -0.05) is 0 Å². The van der Waals surface area contributed by atoms with Crippen molar-refractivity contribution in [1.29, 1.82) is 0 Å². The fraction of sp³-hybridized carbons (Fsp3) is 0.250. The second-order valence-electron chi connectivity index (χ2n) is 2.67. The van der Waals surface area contributed by atoms with Crippen molar-refractivity contribution in [2.45, 2.75) is 0 Å². The minimum atomic E-state index is -3.50. The van der Waals surface area contributed by atoms with Crippen LogP contribution in [0.4, 0.5) is 4.39 Å². The number of primary sulfonamides is 1. The molecule has 0 atom stereocenters. The molecule has 1 aromatic carbocycles. The van der Waals surface area contributed by atoms with E-state index < -0.39 is 10.0 Å². The van der Waals surface area contributed by atoms with Crippen molar-refractivity contribution >= 4 is 10.0 Å². The summed E-state index contributed by atoms with van der Waals surface area (Å²) in [6, 6.07) is 5.29. The molecule has 0 aromatic heterocycles. The van der Waals surface area contributed by atoms with Crippen molar-refractivity contribution < 1.29 is 17.5 Å². The van der Waals surface area contributed by atoms with Gasteiger partial charge in [0.15, 0.2) is 0 Å². The van der Waals surface area contributed by atoms with E-state index in [-0.39, 0.29) is 18.2 Å². The van der Waals surface area contributed by atoms with E-state index >= 15 is 0 Å². The van der Waals surface area contributed by atoms with E-state index in [4.69, 9.17) is 9.88 Å². The van der Waals surface area contributed by atoms with Gasteiger partial charge in [0.2, 0.25) is 10.0 Å². The first-order valence-electron chi connectivity index (χ1n) is 3.86. The number of hydrogen-bond donors (Lipinski definition) is 1. The van der Waals surface area contributed by atoms with Crippen molar-refractivity contribution in [3.05, 3.63) is 30.1 Å². The summed E-state index contributed by atoms with van der Waals surface area (Å²) >= 11 is 0. The number of sulfonamides is 1. The molecule has 0 fully saturated rings. The minimum Gasteiger partial charge on any atom is -0.492 e. The number of hydrogen-bond acceptors (Lipinski definition) is 3. The lowest BCUT2D eigenvalue weighted by Crippen LogP contribution is -2.21. The van der Waals surface area contributed by atoms with Gasteiger partial charge in [-0.3, -0.25) is 0 Å². The van der Waals surface area contributed by atoms with E-state index in [1.165, 1.54) is 24.3 Å². The molecule has 1 aromatic rings. The van der Waals surface area contributed by atoms with Crippen LogP contribution < -0.4 is 9.88 Å². The van der Waals surface area contributed by atoms with Gasteiger partial charge in [-0.15, -0.1) is 0 Å². The maximum Gasteiger partial charge on any atom is 0.212 e. The summed E-state index contributed by atoms with van der Waals surface area (Å²) in [6.45, 7) is -0.0372. The van der Waals surface area contributed by atoms with Gasteiger partial charge in [0.1, 0.15) is 18.2 Å². The highest BCUT2D eigenvalue weighted by Gasteiger charge is 2.02. The molecule has 2 N–H and O–H groups in total. The lowest BCUT2D eigenvalue weighted by molar-refractivity contribution is 0.340. The van der Waals surface area contributed by atoms with Crippen LogP contribution in [0.1, 0.15) is 0 Å². The number of nitrogens with two attached hydrogens (primary N) is 1. The van der Waals surface area contributed by atoms with Gasteiger partial charge >= 0.3 is 0 Å². The molecule has 78 valence electrons. The molecule has 6 heteroatoms. The minimum absolute atomic E-state index is 0.0372. The Kier molecular flexibility index (Phi) is 3.43. The van der Waals surface area contributed by atoms with E-state index in [0.717, 1.165) is 0 Å². The van der Waals surface area contributed by atoms with Crippen molar-refractivity contribution in [3.8, 4) is 5.75 Å². The topological polar surface area (TPSA) is 69.4 Å². The fourth-order valence-corrected chi connectivity index (χ4v) is 1.12. The molecule has 4 nitrogen and oxygen atoms in total. The first kappa shape index (κ1) is 10.9. The molecule has 0 saturated heterocycles. The van der Waals surface area contributed by atoms with Crippen molar-refractivity contribution in [1.82, 2.24) is 0 Å². The second-order valence-corrected chi connectivity index (χ2v) is 4.40. The third kappa shape index (κ3) is 4.20. The van der Waals surface area contributed by atoms with Gasteiger partial charge < -0.3 is 4.74 Å². The fourth-order valence-electron chi connectivity index (χ4n) is 0.806. The maximum atomic E-state index is 12.4. The van der Waals surface area contributed by atoms with Crippen LogP contribution in [0.15, 0.2) is 24.3 Å². The van der Waals surface area contributed by atoms with Crippen LogP contribution >= 0.6 is 0 Å². The molecule has 0 radical (unpaired) electrons. The summed E-state index contributed by atoms with van der Waals surface area (Å²) in [7, 11) is -3.50. The number of rotatable bonds is 4. The zero-order valence-corrected chi connectivity index (χ0v) is 8.13. The first-order valence-corrected chi connectivity index (χ1v) is 5.58. The van der Waals surface area contributed by atoms with Gasteiger partial charge in [-0.2, -0.15) is 0 Å². The van der Waals surface area contributed by atoms with Gasteiger partial charge in [0.05, 0.1) is 5.75 Å². The second kappa shape index (κ2) is 4.39. The van der Waals surface area contributed by atoms with E-state index in [1.54, 1.807) is 0 Å². The molecule has 0 aliphatic rings. The largest absolute Gasteiger partial charge is 0.492 e. The van der Waals surface area contributed by atoms with Crippen LogP contribution in [0.25, 0.3) is 0 Å². The third-order valence-electron chi connectivity index (χ3n) is 1.45. The molecular formula is C8H10FNO3S. The Labute approximate surface area is 81.5 Å². The molecule has 0 saturated carbocycles. The Balaban J connectivity index is 2.43. The van der Waals surface area contributed by atoms with Gasteiger partial charge in [-0.25, -0.2) is 17.9 Å². The van der Waals surface area contributed by atoms with Gasteiger partial charge in [0, 0.05) is 0 Å². The van der Waals surface area contributed by atoms with E-state index in [2.05, 4.69) is 0 Å².